The molecule has 5 heteroatoms. The summed E-state index contributed by atoms with van der Waals surface area (Å²) in [4.78, 5) is 17.0. The van der Waals surface area contributed by atoms with Crippen molar-refractivity contribution in [2.24, 2.45) is 0 Å². The van der Waals surface area contributed by atoms with Crippen molar-refractivity contribution in [2.45, 2.75) is 26.9 Å². The maximum Gasteiger partial charge on any atom is 0.176 e. The number of Topliss-reactive ketones (excluding diaryl/α,β-unsaturated/α-hetero) is 1. The molecule has 0 aliphatic carbocycles. The van der Waals surface area contributed by atoms with Gasteiger partial charge in [-0.05, 0) is 38.6 Å². The molecule has 0 radical (unpaired) electrons. The number of nitrogens with two attached hydrogens (primary N) is 1. The highest BCUT2D eigenvalue weighted by molar-refractivity contribution is 5.98. The van der Waals surface area contributed by atoms with Gasteiger partial charge in [0.1, 0.15) is 5.75 Å². The monoisotopic (exact) mass is 305 g/mol. The third kappa shape index (κ3) is 4.45. The van der Waals surface area contributed by atoms with Crippen molar-refractivity contribution < 1.29 is 9.53 Å². The fourth-order valence-electron chi connectivity index (χ4n) is 2.64. The van der Waals surface area contributed by atoms with Crippen molar-refractivity contribution in [3.05, 3.63) is 23.8 Å². The molecule has 1 saturated heterocycles. The molecule has 122 valence electrons. The van der Waals surface area contributed by atoms with E-state index in [-0.39, 0.29) is 11.9 Å². The molecular weight excluding hydrogens is 278 g/mol. The molecule has 1 aromatic rings. The van der Waals surface area contributed by atoms with Crippen LogP contribution in [0.3, 0.4) is 0 Å². The number of hydrogen-bond donors (Lipinski definition) is 1. The van der Waals surface area contributed by atoms with Crippen LogP contribution in [-0.4, -0.2) is 61.0 Å². The van der Waals surface area contributed by atoms with Crippen molar-refractivity contribution in [3.8, 4) is 5.75 Å². The molecule has 5 nitrogen and oxygen atoms in total. The molecule has 2 rings (SSSR count). The molecule has 1 aliphatic heterocycles. The number of ketones is 1. The molecule has 1 heterocycles. The van der Waals surface area contributed by atoms with Gasteiger partial charge in [0.2, 0.25) is 0 Å². The predicted octanol–water partition coefficient (Wildman–Crippen LogP) is 1.88. The molecular formula is C17H27N3O2. The molecule has 0 saturated carbocycles. The summed E-state index contributed by atoms with van der Waals surface area (Å²) in [5, 5.41) is 0. The Labute approximate surface area is 133 Å². The van der Waals surface area contributed by atoms with Crippen LogP contribution >= 0.6 is 0 Å². The van der Waals surface area contributed by atoms with E-state index in [1.54, 1.807) is 18.2 Å². The molecule has 0 aromatic heterocycles. The number of nitrogen functional groups attached to an aromatic ring is 1. The number of carbonyl (C=O) groups excluding carboxylic acids is 1. The highest BCUT2D eigenvalue weighted by Crippen LogP contribution is 2.24. The van der Waals surface area contributed by atoms with Gasteiger partial charge in [0.05, 0.1) is 18.3 Å². The Kier molecular flexibility index (Phi) is 5.80. The van der Waals surface area contributed by atoms with Gasteiger partial charge in [0.15, 0.2) is 5.78 Å². The van der Waals surface area contributed by atoms with E-state index in [2.05, 4.69) is 16.7 Å². The van der Waals surface area contributed by atoms with Crippen molar-refractivity contribution in [1.82, 2.24) is 9.80 Å². The first-order chi connectivity index (χ1) is 10.5. The molecule has 1 fully saturated rings. The SMILES string of the molecule is CCN1CCN(CC(=O)c2ccc(OC(C)C)c(N)c2)CC1. The number of hydrogen-bond acceptors (Lipinski definition) is 5. The molecule has 0 spiro atoms. The predicted molar refractivity (Wildman–Crippen MR) is 89.5 cm³/mol. The largest absolute Gasteiger partial charge is 0.489 e. The van der Waals surface area contributed by atoms with Crippen LogP contribution in [0.25, 0.3) is 0 Å². The van der Waals surface area contributed by atoms with E-state index in [4.69, 9.17) is 10.5 Å². The van der Waals surface area contributed by atoms with Gasteiger partial charge in [-0.3, -0.25) is 9.69 Å². The topological polar surface area (TPSA) is 58.8 Å². The highest BCUT2D eigenvalue weighted by Gasteiger charge is 2.19. The summed E-state index contributed by atoms with van der Waals surface area (Å²) in [5.41, 5.74) is 7.16. The standard InChI is InChI=1S/C17H27N3O2/c1-4-19-7-9-20(10-8-19)12-16(21)14-5-6-17(15(18)11-14)22-13(2)3/h5-6,11,13H,4,7-10,12,18H2,1-3H3. The Morgan fingerprint density at radius 1 is 1.23 bits per heavy atom. The van der Waals surface area contributed by atoms with Crippen LogP contribution in [0.15, 0.2) is 18.2 Å². The summed E-state index contributed by atoms with van der Waals surface area (Å²) in [7, 11) is 0. The average Bonchev–Trinajstić information content (AvgIpc) is 2.49. The first kappa shape index (κ1) is 16.8. The summed E-state index contributed by atoms with van der Waals surface area (Å²) in [6, 6.07) is 5.32. The quantitative estimate of drug-likeness (QED) is 0.642. The molecule has 2 N–H and O–H groups in total. The number of ether oxygens (including phenoxy) is 1. The fraction of sp³-hybridized carbons (Fsp3) is 0.588. The van der Waals surface area contributed by atoms with Crippen LogP contribution in [0, 0.1) is 0 Å². The van der Waals surface area contributed by atoms with Crippen LogP contribution in [0.1, 0.15) is 31.1 Å². The second kappa shape index (κ2) is 7.61. The molecule has 0 bridgehead atoms. The third-order valence-electron chi connectivity index (χ3n) is 3.97. The van der Waals surface area contributed by atoms with Gasteiger partial charge < -0.3 is 15.4 Å². The van der Waals surface area contributed by atoms with E-state index >= 15 is 0 Å². The molecule has 1 aliphatic rings. The van der Waals surface area contributed by atoms with E-state index in [1.807, 2.05) is 13.8 Å². The van der Waals surface area contributed by atoms with Crippen molar-refractivity contribution in [2.75, 3.05) is 45.0 Å². The van der Waals surface area contributed by atoms with Gasteiger partial charge in [-0.1, -0.05) is 6.92 Å². The Morgan fingerprint density at radius 3 is 2.41 bits per heavy atom. The lowest BCUT2D eigenvalue weighted by molar-refractivity contribution is 0.0859. The van der Waals surface area contributed by atoms with Gasteiger partial charge >= 0.3 is 0 Å². The second-order valence-electron chi connectivity index (χ2n) is 6.05. The maximum absolute atomic E-state index is 12.4. The lowest BCUT2D eigenvalue weighted by atomic mass is 10.1. The Hall–Kier alpha value is -1.59. The number of likely N-dealkylation sites (N-methyl/N-ethyl adjacent to an activating group) is 1. The lowest BCUT2D eigenvalue weighted by Gasteiger charge is -2.33. The zero-order chi connectivity index (χ0) is 16.1. The van der Waals surface area contributed by atoms with Crippen molar-refractivity contribution in [3.63, 3.8) is 0 Å². The minimum absolute atomic E-state index is 0.0683. The number of carbonyl (C=O) groups is 1. The zero-order valence-electron chi connectivity index (χ0n) is 13.8. The van der Waals surface area contributed by atoms with Crippen molar-refractivity contribution in [1.29, 1.82) is 0 Å². The smallest absolute Gasteiger partial charge is 0.176 e. The summed E-state index contributed by atoms with van der Waals surface area (Å²) in [6.07, 6.45) is 0.0683. The minimum atomic E-state index is 0.0683. The fourth-order valence-corrected chi connectivity index (χ4v) is 2.64. The van der Waals surface area contributed by atoms with E-state index in [0.717, 1.165) is 32.7 Å². The molecule has 0 atom stereocenters. The maximum atomic E-state index is 12.4. The van der Waals surface area contributed by atoms with Gasteiger partial charge in [0.25, 0.3) is 0 Å². The molecule has 22 heavy (non-hydrogen) atoms. The van der Waals surface area contributed by atoms with Gasteiger partial charge in [-0.15, -0.1) is 0 Å². The molecule has 0 unspecified atom stereocenters. The van der Waals surface area contributed by atoms with Crippen LogP contribution in [0.2, 0.25) is 0 Å². The highest BCUT2D eigenvalue weighted by atomic mass is 16.5. The average molecular weight is 305 g/mol. The molecule has 0 amide bonds. The first-order valence-corrected chi connectivity index (χ1v) is 8.03. The molecule has 1 aromatic carbocycles. The lowest BCUT2D eigenvalue weighted by Crippen LogP contribution is -2.47. The van der Waals surface area contributed by atoms with Crippen molar-refractivity contribution >= 4 is 11.5 Å². The van der Waals surface area contributed by atoms with Crippen LogP contribution in [0.4, 0.5) is 5.69 Å². The summed E-state index contributed by atoms with van der Waals surface area (Å²) in [6.45, 7) is 11.6. The van der Waals surface area contributed by atoms with Gasteiger partial charge in [0, 0.05) is 31.7 Å². The van der Waals surface area contributed by atoms with Crippen LogP contribution in [-0.2, 0) is 0 Å². The number of nitrogens with zero attached hydrogens (tertiary/aromatic N) is 2. The number of benzene rings is 1. The van der Waals surface area contributed by atoms with Crippen LogP contribution < -0.4 is 10.5 Å². The second-order valence-corrected chi connectivity index (χ2v) is 6.05. The number of anilines is 1. The Bertz CT molecular complexity index is 509. The Morgan fingerprint density at radius 2 is 1.86 bits per heavy atom. The zero-order valence-corrected chi connectivity index (χ0v) is 13.8. The first-order valence-electron chi connectivity index (χ1n) is 8.03. The van der Waals surface area contributed by atoms with Gasteiger partial charge in [-0.25, -0.2) is 0 Å². The number of rotatable bonds is 6. The van der Waals surface area contributed by atoms with Gasteiger partial charge in [-0.2, -0.15) is 0 Å². The van der Waals surface area contributed by atoms with Crippen LogP contribution in [0.5, 0.6) is 5.75 Å². The van der Waals surface area contributed by atoms with E-state index in [0.29, 0.717) is 23.5 Å². The third-order valence-corrected chi connectivity index (χ3v) is 3.97. The normalized spacial score (nSPS) is 16.9. The summed E-state index contributed by atoms with van der Waals surface area (Å²) < 4.78 is 5.60. The minimum Gasteiger partial charge on any atom is -0.489 e. The summed E-state index contributed by atoms with van der Waals surface area (Å²) in [5.74, 6) is 0.760. The van der Waals surface area contributed by atoms with E-state index in [1.165, 1.54) is 0 Å². The Balaban J connectivity index is 1.94. The van der Waals surface area contributed by atoms with E-state index in [9.17, 15) is 4.79 Å². The van der Waals surface area contributed by atoms with E-state index < -0.39 is 0 Å². The number of piperazine rings is 1. The summed E-state index contributed by atoms with van der Waals surface area (Å²) >= 11 is 0.